The Morgan fingerprint density at radius 2 is 1.03 bits per heavy atom. The molecule has 2 aliphatic rings. The van der Waals surface area contributed by atoms with Crippen molar-refractivity contribution in [2.45, 2.75) is 73.7 Å². The second-order valence-electron chi connectivity index (χ2n) is 10.8. The zero-order valence-corrected chi connectivity index (χ0v) is 25.7. The first kappa shape index (κ1) is 26.6. The van der Waals surface area contributed by atoms with Gasteiger partial charge in [0.25, 0.3) is 0 Å². The summed E-state index contributed by atoms with van der Waals surface area (Å²) in [7, 11) is 0. The Labute approximate surface area is 225 Å². The number of rotatable bonds is 8. The van der Waals surface area contributed by atoms with Crippen LogP contribution in [0.3, 0.4) is 0 Å². The summed E-state index contributed by atoms with van der Waals surface area (Å²) < 4.78 is 17.4. The number of hydrogen-bond donors (Lipinski definition) is 0. The van der Waals surface area contributed by atoms with Gasteiger partial charge in [-0.25, -0.2) is 0 Å². The number of para-hydroxylation sites is 2. The molecule has 5 heteroatoms. The molecule has 2 nitrogen and oxygen atoms in total. The van der Waals surface area contributed by atoms with Crippen molar-refractivity contribution in [1.82, 2.24) is 0 Å². The molecule has 0 unspecified atom stereocenters. The van der Waals surface area contributed by atoms with Crippen molar-refractivity contribution in [3.63, 3.8) is 0 Å². The van der Waals surface area contributed by atoms with E-state index < -0.39 is 21.1 Å². The first-order valence-corrected chi connectivity index (χ1v) is 18.3. The molecule has 0 spiro atoms. The third-order valence-electron chi connectivity index (χ3n) is 5.43. The summed E-state index contributed by atoms with van der Waals surface area (Å²) in [6.07, 6.45) is 15.0. The summed E-state index contributed by atoms with van der Waals surface area (Å²) in [4.78, 5) is 2.33. The van der Waals surface area contributed by atoms with Gasteiger partial charge in [-0.05, 0) is 0 Å². The zero-order valence-electron chi connectivity index (χ0n) is 21.6. The minimum absolute atomic E-state index is 0.0802. The van der Waals surface area contributed by atoms with Crippen molar-refractivity contribution >= 4 is 23.5 Å². The Bertz CT molecular complexity index is 1090. The van der Waals surface area contributed by atoms with Gasteiger partial charge >= 0.3 is 227 Å². The van der Waals surface area contributed by atoms with E-state index in [1.165, 1.54) is 16.4 Å². The van der Waals surface area contributed by atoms with Crippen molar-refractivity contribution < 1.29 is 26.8 Å². The minimum atomic E-state index is -4.09. The van der Waals surface area contributed by atoms with Crippen molar-refractivity contribution in [3.05, 3.63) is 91.5 Å². The van der Waals surface area contributed by atoms with Crippen LogP contribution in [0.2, 0.25) is 0 Å². The van der Waals surface area contributed by atoms with Gasteiger partial charge in [0.1, 0.15) is 0 Å². The van der Waals surface area contributed by atoms with Crippen molar-refractivity contribution in [2.75, 3.05) is 0 Å². The van der Waals surface area contributed by atoms with Gasteiger partial charge in [0.15, 0.2) is 0 Å². The number of hydrogen-bond acceptors (Lipinski definition) is 4. The van der Waals surface area contributed by atoms with Crippen molar-refractivity contribution in [2.24, 2.45) is 0 Å². The number of benzene rings is 2. The van der Waals surface area contributed by atoms with E-state index in [1.54, 1.807) is 0 Å². The molecule has 4 rings (SSSR count). The van der Waals surface area contributed by atoms with Gasteiger partial charge in [-0.15, -0.1) is 0 Å². The van der Waals surface area contributed by atoms with Crippen LogP contribution in [0, 0.1) is 0 Å². The molecule has 0 radical (unpaired) electrons. The molecule has 35 heavy (non-hydrogen) atoms. The fourth-order valence-corrected chi connectivity index (χ4v) is 14.7. The quantitative estimate of drug-likeness (QED) is 0.288. The fourth-order valence-electron chi connectivity index (χ4n) is 4.08. The maximum absolute atomic E-state index is 7.28. The van der Waals surface area contributed by atoms with E-state index in [2.05, 4.69) is 127 Å². The Morgan fingerprint density at radius 3 is 1.37 bits per heavy atom. The second kappa shape index (κ2) is 10.9. The summed E-state index contributed by atoms with van der Waals surface area (Å²) in [5, 5.41) is 0. The molecule has 0 N–H and O–H groups in total. The molecule has 0 saturated carbocycles. The van der Waals surface area contributed by atoms with Crippen LogP contribution in [-0.2, 0) is 21.1 Å². The van der Waals surface area contributed by atoms with E-state index in [1.807, 2.05) is 23.5 Å². The predicted molar refractivity (Wildman–Crippen MR) is 149 cm³/mol. The van der Waals surface area contributed by atoms with Gasteiger partial charge in [-0.2, -0.15) is 0 Å². The third kappa shape index (κ3) is 6.87. The molecule has 2 aliphatic carbocycles. The molecule has 0 bridgehead atoms. The average Bonchev–Trinajstić information content (AvgIpc) is 3.49. The number of thioether (sulfide) groups is 2. The molecule has 0 aliphatic heterocycles. The molecular weight excluding hydrogens is 548 g/mol. The van der Waals surface area contributed by atoms with Gasteiger partial charge < -0.3 is 0 Å². The molecule has 0 fully saturated rings. The summed E-state index contributed by atoms with van der Waals surface area (Å²) in [6, 6.07) is 16.9. The third-order valence-corrected chi connectivity index (χ3v) is 16.2. The molecular formula is C30H36O2S2Zr. The molecule has 0 atom stereocenters. The van der Waals surface area contributed by atoms with E-state index in [0.717, 1.165) is 24.3 Å². The van der Waals surface area contributed by atoms with Crippen molar-refractivity contribution in [1.29, 1.82) is 0 Å². The van der Waals surface area contributed by atoms with Crippen LogP contribution in [-0.4, -0.2) is 9.49 Å². The van der Waals surface area contributed by atoms with Crippen LogP contribution in [0.5, 0.6) is 11.5 Å². The molecule has 0 saturated heterocycles. The van der Waals surface area contributed by atoms with Crippen molar-refractivity contribution in [3.8, 4) is 11.5 Å². The molecule has 2 aromatic rings. The van der Waals surface area contributed by atoms with Crippen LogP contribution in [0.1, 0.15) is 54.4 Å². The van der Waals surface area contributed by atoms with Gasteiger partial charge in [0.05, 0.1) is 0 Å². The van der Waals surface area contributed by atoms with Gasteiger partial charge in [-0.3, -0.25) is 0 Å². The Balaban J connectivity index is 1.83. The summed E-state index contributed by atoms with van der Waals surface area (Å²) >= 11 is -0.391. The van der Waals surface area contributed by atoms with E-state index in [-0.39, 0.29) is 9.49 Å². The van der Waals surface area contributed by atoms with Crippen LogP contribution < -0.4 is 5.63 Å². The first-order valence-electron chi connectivity index (χ1n) is 12.2. The first-order chi connectivity index (χ1) is 16.6. The van der Waals surface area contributed by atoms with Crippen LogP contribution >= 0.6 is 23.5 Å². The van der Waals surface area contributed by atoms with Gasteiger partial charge in [0.2, 0.25) is 0 Å². The number of allylic oxidation sites excluding steroid dienone is 8. The van der Waals surface area contributed by atoms with Crippen LogP contribution in [0.15, 0.2) is 101 Å². The molecule has 2 aromatic carbocycles. The van der Waals surface area contributed by atoms with Gasteiger partial charge in [-0.1, -0.05) is 0 Å². The standard InChI is InChI=1S/2C10H14OS.2C5H5.Zr/c2*1-10(2,3)12-9-7-5-4-6-8(9)11;2*1-2-4-5-3-1;/h2*4-7,11H,1-3H3;2*1-3H,4H2;/q;;;;+2/p-2. The average molecular weight is 584 g/mol. The van der Waals surface area contributed by atoms with E-state index >= 15 is 0 Å². The molecule has 0 heterocycles. The maximum atomic E-state index is 7.28. The monoisotopic (exact) mass is 582 g/mol. The van der Waals surface area contributed by atoms with E-state index in [4.69, 9.17) is 5.63 Å². The summed E-state index contributed by atoms with van der Waals surface area (Å²) in [5.74, 6) is 1.87. The predicted octanol–water partition coefficient (Wildman–Crippen LogP) is 9.60. The summed E-state index contributed by atoms with van der Waals surface area (Å²) in [6.45, 7) is 13.5. The summed E-state index contributed by atoms with van der Waals surface area (Å²) in [5.41, 5.74) is 0. The van der Waals surface area contributed by atoms with E-state index in [0.29, 0.717) is 0 Å². The fraction of sp³-hybridized carbons (Fsp3) is 0.333. The van der Waals surface area contributed by atoms with Gasteiger partial charge in [0, 0.05) is 0 Å². The molecule has 184 valence electrons. The van der Waals surface area contributed by atoms with Crippen LogP contribution in [0.4, 0.5) is 0 Å². The molecule has 0 amide bonds. The topological polar surface area (TPSA) is 18.5 Å². The SMILES string of the molecule is CC(C)(C)Sc1ccccc1[O][Zr]([O]c1ccccc1SC(C)(C)C)([C]1=CC=CC1)[C]1=CC=CC1. The second-order valence-corrected chi connectivity index (χ2v) is 21.7. The Hall–Kier alpha value is -1.42. The van der Waals surface area contributed by atoms with E-state index in [9.17, 15) is 0 Å². The normalized spacial score (nSPS) is 15.8. The van der Waals surface area contributed by atoms with Crippen LogP contribution in [0.25, 0.3) is 0 Å². The zero-order chi connectivity index (χ0) is 25.1. The molecule has 0 aromatic heterocycles. The Kier molecular flexibility index (Phi) is 8.30. The Morgan fingerprint density at radius 1 is 0.629 bits per heavy atom.